The number of carbonyl (C=O) groups is 2. The van der Waals surface area contributed by atoms with Crippen LogP contribution in [0.4, 0.5) is 5.69 Å². The van der Waals surface area contributed by atoms with Crippen LogP contribution >= 0.6 is 0 Å². The van der Waals surface area contributed by atoms with Crippen molar-refractivity contribution in [3.8, 4) is 5.75 Å². The number of hydrogen-bond acceptors (Lipinski definition) is 4. The van der Waals surface area contributed by atoms with Crippen molar-refractivity contribution >= 4 is 18.1 Å². The quantitative estimate of drug-likeness (QED) is 0.631. The number of hydrogen-bond donors (Lipinski definition) is 2. The molecule has 1 aromatic rings. The Labute approximate surface area is 104 Å². The van der Waals surface area contributed by atoms with E-state index in [9.17, 15) is 14.7 Å². The molecular weight excluding hydrogens is 238 g/mol. The Hall–Kier alpha value is -2.08. The van der Waals surface area contributed by atoms with Crippen LogP contribution in [-0.4, -0.2) is 28.2 Å². The van der Waals surface area contributed by atoms with E-state index < -0.39 is 11.6 Å². The third-order valence-electron chi connectivity index (χ3n) is 1.93. The summed E-state index contributed by atoms with van der Waals surface area (Å²) in [5.74, 6) is -1.39. The molecule has 1 amide bonds. The zero-order valence-electron chi connectivity index (χ0n) is 10.4. The Balaban J connectivity index is 3.16. The third kappa shape index (κ3) is 3.46. The maximum absolute atomic E-state index is 11.0. The molecule has 0 saturated carbocycles. The molecule has 18 heavy (non-hydrogen) atoms. The number of phenolic OH excluding ortho intramolecular Hbond substituents is 1. The van der Waals surface area contributed by atoms with E-state index in [1.807, 2.05) is 0 Å². The number of aromatic hydroxyl groups is 1. The number of anilines is 1. The van der Waals surface area contributed by atoms with Crippen molar-refractivity contribution in [3.63, 3.8) is 0 Å². The summed E-state index contributed by atoms with van der Waals surface area (Å²) in [7, 11) is 0. The van der Waals surface area contributed by atoms with Crippen molar-refractivity contribution in [2.45, 2.75) is 26.4 Å². The van der Waals surface area contributed by atoms with Crippen molar-refractivity contribution in [1.29, 1.82) is 0 Å². The first-order valence-corrected chi connectivity index (χ1v) is 5.24. The molecule has 2 N–H and O–H groups in total. The first-order chi connectivity index (χ1) is 8.24. The summed E-state index contributed by atoms with van der Waals surface area (Å²) in [6.07, 6.45) is 0.367. The average molecular weight is 253 g/mol. The van der Waals surface area contributed by atoms with Crippen LogP contribution in [0.3, 0.4) is 0 Å². The van der Waals surface area contributed by atoms with Gasteiger partial charge in [0.25, 0.3) is 0 Å². The molecule has 0 saturated heterocycles. The maximum atomic E-state index is 11.0. The molecule has 0 unspecified atom stereocenters. The minimum atomic E-state index is -1.15. The standard InChI is InChI=1S/C12H15NO5/c1-12(2,3)18-13(7-14)9-6-8(11(16)17)4-5-10(9)15/h4-7,15H,1-3H3,(H,16,17). The van der Waals surface area contributed by atoms with Crippen molar-refractivity contribution in [2.75, 3.05) is 5.06 Å². The van der Waals surface area contributed by atoms with Gasteiger partial charge in [-0.25, -0.2) is 4.79 Å². The fraction of sp³-hybridized carbons (Fsp3) is 0.333. The van der Waals surface area contributed by atoms with Gasteiger partial charge in [0, 0.05) is 0 Å². The number of carbonyl (C=O) groups excluding carboxylic acids is 1. The highest BCUT2D eigenvalue weighted by Gasteiger charge is 2.21. The van der Waals surface area contributed by atoms with Crippen LogP contribution in [0, 0.1) is 0 Å². The lowest BCUT2D eigenvalue weighted by Crippen LogP contribution is -2.33. The number of carboxylic acid groups (broad SMARTS) is 1. The van der Waals surface area contributed by atoms with Crippen LogP contribution in [0.2, 0.25) is 0 Å². The Morgan fingerprint density at radius 1 is 1.39 bits per heavy atom. The van der Waals surface area contributed by atoms with E-state index in [1.165, 1.54) is 12.1 Å². The predicted octanol–water partition coefficient (Wildman–Crippen LogP) is 1.78. The number of nitrogens with zero attached hydrogens (tertiary/aromatic N) is 1. The van der Waals surface area contributed by atoms with Crippen molar-refractivity contribution in [3.05, 3.63) is 23.8 Å². The normalized spacial score (nSPS) is 11.1. The lowest BCUT2D eigenvalue weighted by molar-refractivity contribution is -0.120. The minimum absolute atomic E-state index is 0.0141. The van der Waals surface area contributed by atoms with Gasteiger partial charge in [-0.2, -0.15) is 5.06 Å². The smallest absolute Gasteiger partial charge is 0.335 e. The number of carboxylic acids is 1. The Morgan fingerprint density at radius 2 is 2.00 bits per heavy atom. The zero-order valence-corrected chi connectivity index (χ0v) is 10.4. The highest BCUT2D eigenvalue weighted by molar-refractivity contribution is 5.90. The van der Waals surface area contributed by atoms with Gasteiger partial charge < -0.3 is 10.2 Å². The topological polar surface area (TPSA) is 87.1 Å². The molecule has 0 radical (unpaired) electrons. The average Bonchev–Trinajstić information content (AvgIpc) is 2.25. The number of aromatic carboxylic acids is 1. The zero-order chi connectivity index (χ0) is 13.9. The molecule has 0 aliphatic rings. The minimum Gasteiger partial charge on any atom is -0.506 e. The molecule has 0 aliphatic carbocycles. The molecule has 0 atom stereocenters. The number of hydroxylamine groups is 1. The van der Waals surface area contributed by atoms with Crippen LogP contribution in [0.15, 0.2) is 18.2 Å². The van der Waals surface area contributed by atoms with E-state index in [4.69, 9.17) is 9.94 Å². The highest BCUT2D eigenvalue weighted by Crippen LogP contribution is 2.29. The van der Waals surface area contributed by atoms with E-state index in [2.05, 4.69) is 0 Å². The summed E-state index contributed by atoms with van der Waals surface area (Å²) in [4.78, 5) is 27.1. The van der Waals surface area contributed by atoms with Gasteiger partial charge in [-0.3, -0.25) is 9.63 Å². The predicted molar refractivity (Wildman–Crippen MR) is 64.4 cm³/mol. The SMILES string of the molecule is CC(C)(C)ON(C=O)c1cc(C(=O)O)ccc1O. The largest absolute Gasteiger partial charge is 0.506 e. The Morgan fingerprint density at radius 3 is 2.44 bits per heavy atom. The monoisotopic (exact) mass is 253 g/mol. The molecule has 6 heteroatoms. The molecule has 1 rings (SSSR count). The number of rotatable bonds is 4. The van der Waals surface area contributed by atoms with E-state index in [-0.39, 0.29) is 17.0 Å². The lowest BCUT2D eigenvalue weighted by Gasteiger charge is -2.27. The Kier molecular flexibility index (Phi) is 3.93. The van der Waals surface area contributed by atoms with Gasteiger partial charge in [0.2, 0.25) is 6.41 Å². The second-order valence-electron chi connectivity index (χ2n) is 4.64. The molecule has 1 aromatic carbocycles. The first-order valence-electron chi connectivity index (χ1n) is 5.24. The van der Waals surface area contributed by atoms with Crippen molar-refractivity contribution in [1.82, 2.24) is 0 Å². The second-order valence-corrected chi connectivity index (χ2v) is 4.64. The lowest BCUT2D eigenvalue weighted by atomic mass is 10.2. The summed E-state index contributed by atoms with van der Waals surface area (Å²) in [6.45, 7) is 5.17. The van der Waals surface area contributed by atoms with Crippen LogP contribution in [-0.2, 0) is 9.63 Å². The first kappa shape index (κ1) is 14.0. The summed E-state index contributed by atoms with van der Waals surface area (Å²) >= 11 is 0. The number of benzene rings is 1. The van der Waals surface area contributed by atoms with Crippen LogP contribution in [0.25, 0.3) is 0 Å². The van der Waals surface area contributed by atoms with Crippen molar-refractivity contribution < 1.29 is 24.6 Å². The molecule has 0 aromatic heterocycles. The van der Waals surface area contributed by atoms with Gasteiger partial charge in [-0.1, -0.05) is 0 Å². The van der Waals surface area contributed by atoms with Gasteiger partial charge >= 0.3 is 5.97 Å². The van der Waals surface area contributed by atoms with Gasteiger partial charge in [0.15, 0.2) is 0 Å². The molecule has 0 bridgehead atoms. The molecule has 98 valence electrons. The Bertz CT molecular complexity index is 464. The van der Waals surface area contributed by atoms with Crippen LogP contribution in [0.1, 0.15) is 31.1 Å². The maximum Gasteiger partial charge on any atom is 0.335 e. The number of phenols is 1. The number of amides is 1. The molecular formula is C12H15NO5. The van der Waals surface area contributed by atoms with E-state index in [0.29, 0.717) is 6.41 Å². The molecule has 0 aliphatic heterocycles. The van der Waals surface area contributed by atoms with Crippen LogP contribution in [0.5, 0.6) is 5.75 Å². The fourth-order valence-corrected chi connectivity index (χ4v) is 1.26. The summed E-state index contributed by atoms with van der Waals surface area (Å²) in [6, 6.07) is 3.60. The highest BCUT2D eigenvalue weighted by atomic mass is 16.7. The van der Waals surface area contributed by atoms with Crippen LogP contribution < -0.4 is 5.06 Å². The molecule has 0 spiro atoms. The van der Waals surface area contributed by atoms with E-state index in [1.54, 1.807) is 20.8 Å². The molecule has 0 fully saturated rings. The van der Waals surface area contributed by atoms with E-state index >= 15 is 0 Å². The van der Waals surface area contributed by atoms with Crippen molar-refractivity contribution in [2.24, 2.45) is 0 Å². The van der Waals surface area contributed by atoms with E-state index in [0.717, 1.165) is 11.1 Å². The molecule has 6 nitrogen and oxygen atoms in total. The van der Waals surface area contributed by atoms with Gasteiger partial charge in [-0.15, -0.1) is 0 Å². The second kappa shape index (κ2) is 5.05. The molecule has 0 heterocycles. The van der Waals surface area contributed by atoms with Gasteiger partial charge in [0.1, 0.15) is 11.4 Å². The third-order valence-corrected chi connectivity index (χ3v) is 1.93. The summed E-state index contributed by atoms with van der Waals surface area (Å²) in [5.41, 5.74) is -0.723. The summed E-state index contributed by atoms with van der Waals surface area (Å²) in [5, 5.41) is 19.3. The fourth-order valence-electron chi connectivity index (χ4n) is 1.26. The van der Waals surface area contributed by atoms with Gasteiger partial charge in [0.05, 0.1) is 11.2 Å². The summed E-state index contributed by atoms with van der Waals surface area (Å²) < 4.78 is 0. The van der Waals surface area contributed by atoms with Gasteiger partial charge in [-0.05, 0) is 39.0 Å².